The number of rotatable bonds is 8. The average Bonchev–Trinajstić information content (AvgIpc) is 2.13. The monoisotopic (exact) mass is 316 g/mol. The number of hydrogen-bond acceptors (Lipinski definition) is 1. The zero-order chi connectivity index (χ0) is 13.5. The van der Waals surface area contributed by atoms with E-state index < -0.39 is 18.7 Å². The number of hydrogen-bond donors (Lipinski definition) is 0. The van der Waals surface area contributed by atoms with E-state index in [9.17, 15) is 22.0 Å². The quantitative estimate of drug-likeness (QED) is 0.367. The van der Waals surface area contributed by atoms with Crippen molar-refractivity contribution in [3.63, 3.8) is 0 Å². The molecule has 0 spiro atoms. The normalized spacial score (nSPS) is 13.3. The summed E-state index contributed by atoms with van der Waals surface area (Å²) in [7, 11) is 0.710. The summed E-state index contributed by atoms with van der Waals surface area (Å²) in [6.07, 6.45) is -3.13. The lowest BCUT2D eigenvalue weighted by Gasteiger charge is -2.19. The third kappa shape index (κ3) is 9.29. The maximum atomic E-state index is 12.4. The molecule has 18 heavy (non-hydrogen) atoms. The first-order valence-corrected chi connectivity index (χ1v) is 6.81. The van der Waals surface area contributed by atoms with Crippen molar-refractivity contribution >= 4 is 21.0 Å². The van der Waals surface area contributed by atoms with Gasteiger partial charge in [-0.3, -0.25) is 0 Å². The van der Waals surface area contributed by atoms with Crippen LogP contribution in [0.5, 0.6) is 0 Å². The van der Waals surface area contributed by atoms with E-state index in [2.05, 4.69) is 18.6 Å². The molecule has 8 heteroatoms. The Morgan fingerprint density at radius 1 is 1.11 bits per heavy atom. The number of ether oxygens (including phenoxy) is 1. The Hall–Kier alpha value is 0.330. The smallest absolute Gasteiger partial charge is 0.375 e. The molecule has 0 aromatic heterocycles. The molecule has 0 aliphatic carbocycles. The van der Waals surface area contributed by atoms with Crippen LogP contribution in [0.25, 0.3) is 0 Å². The molecule has 0 saturated carbocycles. The van der Waals surface area contributed by atoms with Gasteiger partial charge in [0, 0.05) is 6.61 Å². The van der Waals surface area contributed by atoms with Crippen molar-refractivity contribution in [2.45, 2.75) is 32.4 Å². The van der Waals surface area contributed by atoms with Crippen molar-refractivity contribution in [2.75, 3.05) is 25.5 Å². The average molecular weight is 317 g/mol. The molecule has 0 bridgehead atoms. The molecule has 0 aliphatic heterocycles. The summed E-state index contributed by atoms with van der Waals surface area (Å²) in [6.45, 7) is 2.53. The van der Waals surface area contributed by atoms with Gasteiger partial charge in [0.05, 0.1) is 0 Å². The van der Waals surface area contributed by atoms with Crippen LogP contribution >= 0.6 is 21.0 Å². The summed E-state index contributed by atoms with van der Waals surface area (Å²) in [5, 5.41) is 0. The minimum atomic E-state index is -5.52. The molecular formula is C10H19ClF5OP. The minimum absolute atomic E-state index is 0. The Morgan fingerprint density at radius 3 is 2.11 bits per heavy atom. The van der Waals surface area contributed by atoms with Crippen LogP contribution in [-0.2, 0) is 4.74 Å². The lowest BCUT2D eigenvalue weighted by atomic mass is 10.3. The van der Waals surface area contributed by atoms with Crippen LogP contribution in [0.3, 0.4) is 0 Å². The van der Waals surface area contributed by atoms with E-state index in [1.54, 1.807) is 0 Å². The topological polar surface area (TPSA) is 9.23 Å². The van der Waals surface area contributed by atoms with Gasteiger partial charge >= 0.3 is 12.1 Å². The van der Waals surface area contributed by atoms with E-state index >= 15 is 0 Å². The van der Waals surface area contributed by atoms with Gasteiger partial charge in [-0.1, -0.05) is 13.8 Å². The lowest BCUT2D eigenvalue weighted by molar-refractivity contribution is -0.296. The molecule has 1 unspecified atom stereocenters. The highest BCUT2D eigenvalue weighted by Gasteiger charge is 2.57. The first-order valence-electron chi connectivity index (χ1n) is 5.40. The highest BCUT2D eigenvalue weighted by molar-refractivity contribution is 7.37. The molecule has 1 nitrogen and oxygen atoms in total. The highest BCUT2D eigenvalue weighted by Crippen LogP contribution is 2.35. The van der Waals surface area contributed by atoms with Crippen molar-refractivity contribution in [2.24, 2.45) is 5.92 Å². The molecule has 0 aromatic carbocycles. The second kappa shape index (κ2) is 9.27. The van der Waals surface area contributed by atoms with Gasteiger partial charge in [0.15, 0.2) is 0 Å². The van der Waals surface area contributed by atoms with Crippen molar-refractivity contribution in [1.82, 2.24) is 0 Å². The van der Waals surface area contributed by atoms with E-state index in [1.165, 1.54) is 0 Å². The van der Waals surface area contributed by atoms with Crippen LogP contribution in [0.2, 0.25) is 0 Å². The summed E-state index contributed by atoms with van der Waals surface area (Å²) < 4.78 is 64.3. The van der Waals surface area contributed by atoms with Gasteiger partial charge in [-0.2, -0.15) is 22.0 Å². The molecule has 0 rings (SSSR count). The molecular weight excluding hydrogens is 298 g/mol. The van der Waals surface area contributed by atoms with Gasteiger partial charge < -0.3 is 4.74 Å². The Bertz CT molecular complexity index is 211. The fraction of sp³-hybridized carbons (Fsp3) is 1.00. The molecule has 0 amide bonds. The van der Waals surface area contributed by atoms with Gasteiger partial charge in [-0.05, 0) is 24.7 Å². The molecule has 0 saturated heterocycles. The molecule has 112 valence electrons. The minimum Gasteiger partial charge on any atom is -0.375 e. The fourth-order valence-electron chi connectivity index (χ4n) is 0.972. The zero-order valence-corrected chi connectivity index (χ0v) is 12.1. The molecule has 0 radical (unpaired) electrons. The maximum absolute atomic E-state index is 12.4. The largest absolute Gasteiger partial charge is 0.455 e. The zero-order valence-electron chi connectivity index (χ0n) is 10.3. The van der Waals surface area contributed by atoms with Crippen LogP contribution in [-0.4, -0.2) is 37.6 Å². The standard InChI is InChI=1S/C10H18F5OP.ClH/c1-8(2)6-17-5-3-4-16-7-9(11,12)10(13,14)15;/h8,17H,3-7H2,1-2H3;1H. The predicted molar refractivity (Wildman–Crippen MR) is 66.6 cm³/mol. The summed E-state index contributed by atoms with van der Waals surface area (Å²) in [5.74, 6) is -4.16. The van der Waals surface area contributed by atoms with Crippen LogP contribution < -0.4 is 0 Å². The molecule has 0 fully saturated rings. The number of halogens is 6. The third-order valence-corrected chi connectivity index (χ3v) is 3.71. The Morgan fingerprint density at radius 2 is 1.67 bits per heavy atom. The third-order valence-electron chi connectivity index (χ3n) is 1.89. The van der Waals surface area contributed by atoms with Crippen LogP contribution in [0, 0.1) is 5.92 Å². The highest BCUT2D eigenvalue weighted by atomic mass is 35.5. The van der Waals surface area contributed by atoms with Crippen LogP contribution in [0.15, 0.2) is 0 Å². The van der Waals surface area contributed by atoms with Gasteiger partial charge in [0.1, 0.15) is 6.61 Å². The number of alkyl halides is 5. The lowest BCUT2D eigenvalue weighted by Crippen LogP contribution is -2.40. The van der Waals surface area contributed by atoms with Gasteiger partial charge in [-0.25, -0.2) is 0 Å². The van der Waals surface area contributed by atoms with E-state index in [0.717, 1.165) is 12.3 Å². The Labute approximate surface area is 112 Å². The second-order valence-electron chi connectivity index (χ2n) is 4.21. The Balaban J connectivity index is 0. The fourth-order valence-corrected chi connectivity index (χ4v) is 2.15. The second-order valence-corrected chi connectivity index (χ2v) is 5.61. The summed E-state index contributed by atoms with van der Waals surface area (Å²) in [4.78, 5) is 0. The summed E-state index contributed by atoms with van der Waals surface area (Å²) >= 11 is 0. The van der Waals surface area contributed by atoms with Gasteiger partial charge in [0.2, 0.25) is 0 Å². The maximum Gasteiger partial charge on any atom is 0.455 e. The van der Waals surface area contributed by atoms with Crippen molar-refractivity contribution < 1.29 is 26.7 Å². The van der Waals surface area contributed by atoms with Crippen LogP contribution in [0.4, 0.5) is 22.0 Å². The van der Waals surface area contributed by atoms with Gasteiger partial charge in [0.25, 0.3) is 0 Å². The molecule has 1 atom stereocenters. The first kappa shape index (κ1) is 20.6. The SMILES string of the molecule is CC(C)CPCCCOCC(F)(F)C(F)(F)F.Cl. The molecule has 0 aliphatic rings. The van der Waals surface area contributed by atoms with E-state index in [0.29, 0.717) is 20.9 Å². The summed E-state index contributed by atoms with van der Waals surface area (Å²) in [5.41, 5.74) is 0. The molecule has 0 N–H and O–H groups in total. The first-order chi connectivity index (χ1) is 7.67. The molecule has 0 heterocycles. The summed E-state index contributed by atoms with van der Waals surface area (Å²) in [6, 6.07) is 0. The van der Waals surface area contributed by atoms with Gasteiger partial charge in [-0.15, -0.1) is 21.0 Å². The Kier molecular flexibility index (Phi) is 10.6. The van der Waals surface area contributed by atoms with Crippen molar-refractivity contribution in [3.05, 3.63) is 0 Å². The van der Waals surface area contributed by atoms with Crippen LogP contribution in [0.1, 0.15) is 20.3 Å². The van der Waals surface area contributed by atoms with Crippen molar-refractivity contribution in [1.29, 1.82) is 0 Å². The van der Waals surface area contributed by atoms with E-state index in [-0.39, 0.29) is 19.0 Å². The van der Waals surface area contributed by atoms with E-state index in [4.69, 9.17) is 0 Å². The predicted octanol–water partition coefficient (Wildman–Crippen LogP) is 4.35. The molecule has 0 aromatic rings. The van der Waals surface area contributed by atoms with Crippen molar-refractivity contribution in [3.8, 4) is 0 Å². The van der Waals surface area contributed by atoms with E-state index in [1.807, 2.05) is 0 Å².